The first-order valence-corrected chi connectivity index (χ1v) is 15.4. The molecule has 2 saturated heterocycles. The summed E-state index contributed by atoms with van der Waals surface area (Å²) in [6.45, 7) is 4.77. The molecule has 14 heteroatoms. The zero-order chi connectivity index (χ0) is 32.7. The molecule has 3 aromatic rings. The van der Waals surface area contributed by atoms with Crippen LogP contribution >= 0.6 is 24.0 Å². The van der Waals surface area contributed by atoms with Crippen LogP contribution in [0.5, 0.6) is 0 Å². The van der Waals surface area contributed by atoms with E-state index in [4.69, 9.17) is 21.9 Å². The van der Waals surface area contributed by atoms with Gasteiger partial charge in [-0.3, -0.25) is 33.3 Å². The van der Waals surface area contributed by atoms with Crippen LogP contribution in [0.2, 0.25) is 0 Å². The standard InChI is InChI=1S/C28H27N5O5S2.C3H7NO/c1-3-38-23(34)15-20-25(35)29-11-13-31(20)24-19(26(36)32-12-5-4-6-22(32)30-24)14-21-27(37)33(28(39)40-21)16-18-9-7-17(2)8-10-18;1-4(2)3-5/h4-10,12,14,20H,3,11,13,15-16H2,1-2H3,(H,29,35);3H,1-2H3/b21-14+;. The van der Waals surface area contributed by atoms with Gasteiger partial charge in [-0.1, -0.05) is 59.9 Å². The molecule has 3 amide bonds. The van der Waals surface area contributed by atoms with Crippen molar-refractivity contribution in [2.24, 2.45) is 0 Å². The summed E-state index contributed by atoms with van der Waals surface area (Å²) in [5.41, 5.74) is 2.12. The van der Waals surface area contributed by atoms with Crippen molar-refractivity contribution in [1.82, 2.24) is 24.5 Å². The molecule has 0 spiro atoms. The van der Waals surface area contributed by atoms with Crippen LogP contribution in [0, 0.1) is 6.92 Å². The maximum absolute atomic E-state index is 13.8. The SMILES string of the molecule is CCOC(=O)CC1C(=O)NCCN1c1nc2ccccn2c(=O)c1/C=C1/SC(=S)N(Cc2ccc(C)cc2)C1=O.CN(C)C=O. The van der Waals surface area contributed by atoms with Gasteiger partial charge in [0, 0.05) is 33.4 Å². The van der Waals surface area contributed by atoms with E-state index in [0.29, 0.717) is 29.6 Å². The Morgan fingerprint density at radius 3 is 2.56 bits per heavy atom. The first-order chi connectivity index (χ1) is 21.5. The topological polar surface area (TPSA) is 134 Å². The van der Waals surface area contributed by atoms with E-state index in [1.54, 1.807) is 50.3 Å². The minimum Gasteiger partial charge on any atom is -0.466 e. The number of nitrogens with one attached hydrogen (secondary N) is 1. The Kier molecular flexibility index (Phi) is 11.1. The van der Waals surface area contributed by atoms with Crippen LogP contribution in [0.15, 0.2) is 58.4 Å². The van der Waals surface area contributed by atoms with E-state index in [2.05, 4.69) is 5.32 Å². The fraction of sp³-hybridized carbons (Fsp3) is 0.323. The summed E-state index contributed by atoms with van der Waals surface area (Å²) in [4.78, 5) is 71.5. The number of aryl methyl sites for hydroxylation is 1. The number of thiocarbonyl (C=S) groups is 1. The summed E-state index contributed by atoms with van der Waals surface area (Å²) in [6, 6.07) is 12.0. The zero-order valence-corrected chi connectivity index (χ0v) is 27.0. The van der Waals surface area contributed by atoms with Crippen molar-refractivity contribution in [2.45, 2.75) is 32.9 Å². The smallest absolute Gasteiger partial charge is 0.308 e. The number of rotatable bonds is 8. The molecule has 1 aromatic carbocycles. The van der Waals surface area contributed by atoms with E-state index in [1.807, 2.05) is 31.2 Å². The fourth-order valence-corrected chi connectivity index (χ4v) is 5.87. The molecule has 2 aromatic heterocycles. The maximum Gasteiger partial charge on any atom is 0.308 e. The Morgan fingerprint density at radius 2 is 1.89 bits per heavy atom. The second-order valence-electron chi connectivity index (χ2n) is 10.4. The summed E-state index contributed by atoms with van der Waals surface area (Å²) < 4.78 is 6.85. The Balaban J connectivity index is 0.000000854. The van der Waals surface area contributed by atoms with Crippen molar-refractivity contribution in [2.75, 3.05) is 38.7 Å². The first-order valence-electron chi connectivity index (χ1n) is 14.2. The molecule has 2 aliphatic heterocycles. The van der Waals surface area contributed by atoms with Crippen molar-refractivity contribution in [3.8, 4) is 0 Å². The average Bonchev–Trinajstić information content (AvgIpc) is 3.28. The van der Waals surface area contributed by atoms with Crippen LogP contribution in [-0.2, 0) is 30.5 Å². The number of hydrogen-bond acceptors (Lipinski definition) is 10. The number of carbonyl (C=O) groups excluding carboxylic acids is 4. The number of amides is 3. The number of aromatic nitrogens is 2. The predicted molar refractivity (Wildman–Crippen MR) is 177 cm³/mol. The molecular formula is C31H34N6O6S2. The van der Waals surface area contributed by atoms with E-state index in [-0.39, 0.29) is 41.1 Å². The van der Waals surface area contributed by atoms with Gasteiger partial charge in [0.1, 0.15) is 21.8 Å². The second kappa shape index (κ2) is 14.9. The quantitative estimate of drug-likeness (QED) is 0.168. The normalized spacial score (nSPS) is 17.2. The van der Waals surface area contributed by atoms with Gasteiger partial charge in [0.15, 0.2) is 0 Å². The maximum atomic E-state index is 13.8. The number of fused-ring (bicyclic) bond motifs is 1. The highest BCUT2D eigenvalue weighted by Gasteiger charge is 2.37. The molecule has 1 N–H and O–H groups in total. The molecule has 0 saturated carbocycles. The number of carbonyl (C=O) groups is 4. The molecule has 236 valence electrons. The number of piperazine rings is 1. The van der Waals surface area contributed by atoms with Crippen LogP contribution < -0.4 is 15.8 Å². The summed E-state index contributed by atoms with van der Waals surface area (Å²) in [7, 11) is 3.38. The lowest BCUT2D eigenvalue weighted by Gasteiger charge is -2.36. The minimum atomic E-state index is -0.936. The van der Waals surface area contributed by atoms with Gasteiger partial charge < -0.3 is 19.9 Å². The van der Waals surface area contributed by atoms with E-state index in [9.17, 15) is 24.0 Å². The molecule has 0 radical (unpaired) electrons. The molecule has 1 atom stereocenters. The number of anilines is 1. The Labute approximate surface area is 270 Å². The minimum absolute atomic E-state index is 0.128. The molecule has 5 rings (SSSR count). The van der Waals surface area contributed by atoms with Crippen molar-refractivity contribution in [3.05, 3.63) is 80.6 Å². The highest BCUT2D eigenvalue weighted by molar-refractivity contribution is 8.26. The molecule has 2 fully saturated rings. The molecular weight excluding hydrogens is 617 g/mol. The highest BCUT2D eigenvalue weighted by atomic mass is 32.2. The van der Waals surface area contributed by atoms with E-state index in [0.717, 1.165) is 29.3 Å². The molecule has 4 heterocycles. The van der Waals surface area contributed by atoms with Gasteiger partial charge in [0.25, 0.3) is 11.5 Å². The molecule has 12 nitrogen and oxygen atoms in total. The lowest BCUT2D eigenvalue weighted by molar-refractivity contribution is -0.145. The van der Waals surface area contributed by atoms with Crippen molar-refractivity contribution in [3.63, 3.8) is 0 Å². The third-order valence-electron chi connectivity index (χ3n) is 6.84. The first kappa shape index (κ1) is 33.3. The van der Waals surface area contributed by atoms with Gasteiger partial charge in [-0.15, -0.1) is 0 Å². The molecule has 0 aliphatic carbocycles. The van der Waals surface area contributed by atoms with Gasteiger partial charge in [-0.05, 0) is 37.6 Å². The number of hydrogen-bond donors (Lipinski definition) is 1. The average molecular weight is 651 g/mol. The number of pyridine rings is 1. The Bertz CT molecular complexity index is 1700. The third-order valence-corrected chi connectivity index (χ3v) is 8.22. The van der Waals surface area contributed by atoms with Crippen LogP contribution in [0.1, 0.15) is 30.0 Å². The summed E-state index contributed by atoms with van der Waals surface area (Å²) in [5.74, 6) is -1.02. The molecule has 45 heavy (non-hydrogen) atoms. The van der Waals surface area contributed by atoms with Crippen LogP contribution in [0.4, 0.5) is 5.82 Å². The molecule has 2 aliphatic rings. The lowest BCUT2D eigenvalue weighted by atomic mass is 10.1. The fourth-order valence-electron chi connectivity index (χ4n) is 4.63. The highest BCUT2D eigenvalue weighted by Crippen LogP contribution is 2.35. The Hall–Kier alpha value is -4.56. The number of ether oxygens (including phenoxy) is 1. The molecule has 1 unspecified atom stereocenters. The van der Waals surface area contributed by atoms with Gasteiger partial charge >= 0.3 is 5.97 Å². The van der Waals surface area contributed by atoms with Crippen LogP contribution in [0.3, 0.4) is 0 Å². The summed E-state index contributed by atoms with van der Waals surface area (Å²) in [6.07, 6.45) is 3.62. The number of esters is 1. The predicted octanol–water partition coefficient (Wildman–Crippen LogP) is 2.37. The van der Waals surface area contributed by atoms with Crippen molar-refractivity contribution in [1.29, 1.82) is 0 Å². The summed E-state index contributed by atoms with van der Waals surface area (Å²) >= 11 is 6.63. The van der Waals surface area contributed by atoms with Crippen molar-refractivity contribution >= 4 is 70.0 Å². The molecule has 0 bridgehead atoms. The van der Waals surface area contributed by atoms with Gasteiger partial charge in [-0.25, -0.2) is 4.98 Å². The van der Waals surface area contributed by atoms with E-state index in [1.165, 1.54) is 20.3 Å². The zero-order valence-electron chi connectivity index (χ0n) is 25.4. The van der Waals surface area contributed by atoms with Crippen molar-refractivity contribution < 1.29 is 23.9 Å². The number of thioether (sulfide) groups is 1. The lowest BCUT2D eigenvalue weighted by Crippen LogP contribution is -2.57. The van der Waals surface area contributed by atoms with Gasteiger partial charge in [-0.2, -0.15) is 0 Å². The largest absolute Gasteiger partial charge is 0.466 e. The Morgan fingerprint density at radius 1 is 1.18 bits per heavy atom. The summed E-state index contributed by atoms with van der Waals surface area (Å²) in [5, 5.41) is 2.77. The van der Waals surface area contributed by atoms with Crippen LogP contribution in [0.25, 0.3) is 11.7 Å². The van der Waals surface area contributed by atoms with E-state index >= 15 is 0 Å². The van der Waals surface area contributed by atoms with Crippen LogP contribution in [-0.4, -0.2) is 87.5 Å². The number of nitrogens with zero attached hydrogens (tertiary/aromatic N) is 5. The van der Waals surface area contributed by atoms with Gasteiger partial charge in [0.05, 0.1) is 30.0 Å². The monoisotopic (exact) mass is 650 g/mol. The third kappa shape index (κ3) is 7.94. The second-order valence-corrected chi connectivity index (χ2v) is 12.1. The van der Waals surface area contributed by atoms with Gasteiger partial charge in [0.2, 0.25) is 12.3 Å². The number of benzene rings is 1. The van der Waals surface area contributed by atoms with E-state index < -0.39 is 17.6 Å².